The van der Waals surface area contributed by atoms with Crippen molar-refractivity contribution in [3.05, 3.63) is 53.5 Å². The second kappa shape index (κ2) is 5.12. The first-order valence-electron chi connectivity index (χ1n) is 6.25. The third-order valence-corrected chi connectivity index (χ3v) is 2.98. The van der Waals surface area contributed by atoms with Gasteiger partial charge in [-0.25, -0.2) is 0 Å². The predicted octanol–water partition coefficient (Wildman–Crippen LogP) is 1.54. The Hall–Kier alpha value is -3.09. The molecule has 3 rings (SSSR count). The Balaban J connectivity index is 1.71. The van der Waals surface area contributed by atoms with Gasteiger partial charge in [-0.2, -0.15) is 0 Å². The number of rotatable bonds is 2. The summed E-state index contributed by atoms with van der Waals surface area (Å²) >= 11 is 0. The summed E-state index contributed by atoms with van der Waals surface area (Å²) < 4.78 is 4.80. The van der Waals surface area contributed by atoms with Crippen LogP contribution in [0.3, 0.4) is 0 Å². The number of nitrogens with one attached hydrogen (secondary N) is 3. The molecule has 0 fully saturated rings. The molecule has 0 aliphatic carbocycles. The monoisotopic (exact) mass is 284 g/mol. The Labute approximate surface area is 119 Å². The van der Waals surface area contributed by atoms with Crippen molar-refractivity contribution in [1.82, 2.24) is 21.0 Å². The molecule has 0 aliphatic rings. The number of carbonyl (C=O) groups excluding carboxylic acids is 2. The van der Waals surface area contributed by atoms with Crippen molar-refractivity contribution in [3.8, 4) is 0 Å². The normalized spacial score (nSPS) is 10.5. The number of aromatic nitrogens is 2. The van der Waals surface area contributed by atoms with Crippen molar-refractivity contribution in [1.29, 1.82) is 0 Å². The van der Waals surface area contributed by atoms with Crippen molar-refractivity contribution >= 4 is 22.7 Å². The van der Waals surface area contributed by atoms with Gasteiger partial charge in [0.15, 0.2) is 0 Å². The van der Waals surface area contributed by atoms with Crippen LogP contribution in [-0.4, -0.2) is 22.0 Å². The highest BCUT2D eigenvalue weighted by Crippen LogP contribution is 2.17. The number of carbonyl (C=O) groups is 2. The minimum absolute atomic E-state index is 0.0340. The van der Waals surface area contributed by atoms with Crippen molar-refractivity contribution in [3.63, 3.8) is 0 Å². The van der Waals surface area contributed by atoms with Crippen LogP contribution in [-0.2, 0) is 0 Å². The van der Waals surface area contributed by atoms with Crippen molar-refractivity contribution in [2.75, 3.05) is 0 Å². The average molecular weight is 284 g/mol. The van der Waals surface area contributed by atoms with E-state index < -0.39 is 11.8 Å². The molecule has 0 radical (unpaired) electrons. The lowest BCUT2D eigenvalue weighted by Gasteiger charge is -2.04. The molecular formula is C14H12N4O3. The van der Waals surface area contributed by atoms with Gasteiger partial charge in [0.1, 0.15) is 0 Å². The molecule has 106 valence electrons. The van der Waals surface area contributed by atoms with Crippen LogP contribution in [0.15, 0.2) is 41.1 Å². The smallest absolute Gasteiger partial charge is 0.308 e. The van der Waals surface area contributed by atoms with Crippen LogP contribution in [0, 0.1) is 6.92 Å². The predicted molar refractivity (Wildman–Crippen MR) is 74.5 cm³/mol. The number of para-hydroxylation sites is 1. The Bertz CT molecular complexity index is 818. The van der Waals surface area contributed by atoms with Crippen LogP contribution in [0.2, 0.25) is 0 Å². The van der Waals surface area contributed by atoms with Crippen LogP contribution in [0.4, 0.5) is 0 Å². The van der Waals surface area contributed by atoms with Gasteiger partial charge < -0.3 is 9.51 Å². The Morgan fingerprint density at radius 3 is 2.71 bits per heavy atom. The fourth-order valence-corrected chi connectivity index (χ4v) is 1.97. The number of fused-ring (bicyclic) bond motifs is 1. The van der Waals surface area contributed by atoms with Crippen LogP contribution in [0.25, 0.3) is 10.9 Å². The van der Waals surface area contributed by atoms with Gasteiger partial charge in [-0.3, -0.25) is 20.4 Å². The van der Waals surface area contributed by atoms with E-state index >= 15 is 0 Å². The Morgan fingerprint density at radius 1 is 1.19 bits per heavy atom. The van der Waals surface area contributed by atoms with Crippen molar-refractivity contribution < 1.29 is 14.1 Å². The van der Waals surface area contributed by atoms with E-state index in [2.05, 4.69) is 21.0 Å². The molecule has 1 aromatic carbocycles. The first kappa shape index (κ1) is 12.9. The number of H-pyrrole nitrogens is 1. The molecule has 0 aliphatic heterocycles. The standard InChI is InChI=1S/C14H12N4O3/c1-8-6-12(21-18-8)14(20)17-16-13(19)10-7-15-11-5-3-2-4-9(10)11/h2-7,15H,1H3,(H,16,19)(H,17,20). The molecule has 0 bridgehead atoms. The molecule has 7 heteroatoms. The van der Waals surface area contributed by atoms with E-state index in [1.54, 1.807) is 13.1 Å². The Kier molecular flexibility index (Phi) is 3.15. The highest BCUT2D eigenvalue weighted by atomic mass is 16.5. The molecule has 3 aromatic rings. The van der Waals surface area contributed by atoms with E-state index in [-0.39, 0.29) is 5.76 Å². The van der Waals surface area contributed by atoms with Crippen molar-refractivity contribution in [2.45, 2.75) is 6.92 Å². The lowest BCUT2D eigenvalue weighted by atomic mass is 10.2. The van der Waals surface area contributed by atoms with Crippen molar-refractivity contribution in [2.24, 2.45) is 0 Å². The van der Waals surface area contributed by atoms with E-state index in [0.29, 0.717) is 11.3 Å². The molecule has 0 spiro atoms. The van der Waals surface area contributed by atoms with Crippen LogP contribution in [0.5, 0.6) is 0 Å². The van der Waals surface area contributed by atoms with Gasteiger partial charge in [0.25, 0.3) is 5.91 Å². The van der Waals surface area contributed by atoms with Gasteiger partial charge in [-0.15, -0.1) is 0 Å². The summed E-state index contributed by atoms with van der Waals surface area (Å²) in [5.41, 5.74) is 6.49. The van der Waals surface area contributed by atoms with E-state index in [1.165, 1.54) is 6.07 Å². The number of hydrazine groups is 1. The molecule has 0 saturated carbocycles. The lowest BCUT2D eigenvalue weighted by molar-refractivity contribution is 0.0826. The highest BCUT2D eigenvalue weighted by molar-refractivity contribution is 6.07. The number of nitrogens with zero attached hydrogens (tertiary/aromatic N) is 1. The largest absolute Gasteiger partial charge is 0.360 e. The lowest BCUT2D eigenvalue weighted by Crippen LogP contribution is -2.41. The number of aromatic amines is 1. The molecule has 0 atom stereocenters. The van der Waals surface area contributed by atoms with E-state index in [9.17, 15) is 9.59 Å². The molecule has 21 heavy (non-hydrogen) atoms. The molecule has 0 saturated heterocycles. The second-order valence-corrected chi connectivity index (χ2v) is 4.49. The minimum Gasteiger partial charge on any atom is -0.360 e. The molecule has 7 nitrogen and oxygen atoms in total. The first-order valence-corrected chi connectivity index (χ1v) is 6.25. The highest BCUT2D eigenvalue weighted by Gasteiger charge is 2.15. The summed E-state index contributed by atoms with van der Waals surface area (Å²) in [6.45, 7) is 1.70. The maximum atomic E-state index is 12.1. The fraction of sp³-hybridized carbons (Fsp3) is 0.0714. The van der Waals surface area contributed by atoms with Crippen LogP contribution in [0.1, 0.15) is 26.6 Å². The first-order chi connectivity index (χ1) is 10.1. The van der Waals surface area contributed by atoms with Gasteiger partial charge in [0, 0.05) is 23.2 Å². The van der Waals surface area contributed by atoms with E-state index in [0.717, 1.165) is 10.9 Å². The molecule has 2 heterocycles. The van der Waals surface area contributed by atoms with Crippen LogP contribution >= 0.6 is 0 Å². The summed E-state index contributed by atoms with van der Waals surface area (Å²) in [6.07, 6.45) is 1.59. The van der Waals surface area contributed by atoms with Gasteiger partial charge in [-0.1, -0.05) is 23.4 Å². The van der Waals surface area contributed by atoms with Crippen LogP contribution < -0.4 is 10.9 Å². The fourth-order valence-electron chi connectivity index (χ4n) is 1.97. The zero-order valence-electron chi connectivity index (χ0n) is 11.1. The van der Waals surface area contributed by atoms with Gasteiger partial charge in [0.2, 0.25) is 5.76 Å². The zero-order valence-corrected chi connectivity index (χ0v) is 11.1. The second-order valence-electron chi connectivity index (χ2n) is 4.49. The molecule has 2 amide bonds. The quantitative estimate of drug-likeness (QED) is 0.621. The molecule has 2 aromatic heterocycles. The minimum atomic E-state index is -0.566. The van der Waals surface area contributed by atoms with Gasteiger partial charge >= 0.3 is 5.91 Å². The maximum absolute atomic E-state index is 12.1. The number of benzene rings is 1. The van der Waals surface area contributed by atoms with Gasteiger partial charge in [0.05, 0.1) is 11.3 Å². The number of aryl methyl sites for hydroxylation is 1. The maximum Gasteiger partial charge on any atom is 0.308 e. The topological polar surface area (TPSA) is 100 Å². The third kappa shape index (κ3) is 2.48. The average Bonchev–Trinajstić information content (AvgIpc) is 3.10. The number of hydrogen-bond donors (Lipinski definition) is 3. The van der Waals surface area contributed by atoms with Gasteiger partial charge in [-0.05, 0) is 13.0 Å². The molecule has 3 N–H and O–H groups in total. The summed E-state index contributed by atoms with van der Waals surface area (Å²) in [7, 11) is 0. The summed E-state index contributed by atoms with van der Waals surface area (Å²) in [6, 6.07) is 8.87. The summed E-state index contributed by atoms with van der Waals surface area (Å²) in [4.78, 5) is 26.8. The SMILES string of the molecule is Cc1cc(C(=O)NNC(=O)c2c[nH]c3ccccc23)on1. The summed E-state index contributed by atoms with van der Waals surface area (Å²) in [5, 5.41) is 4.38. The van der Waals surface area contributed by atoms with E-state index in [4.69, 9.17) is 4.52 Å². The number of hydrogen-bond acceptors (Lipinski definition) is 4. The molecule has 0 unspecified atom stereocenters. The Morgan fingerprint density at radius 2 is 1.95 bits per heavy atom. The zero-order chi connectivity index (χ0) is 14.8. The third-order valence-electron chi connectivity index (χ3n) is 2.98. The molecular weight excluding hydrogens is 272 g/mol. The van der Waals surface area contributed by atoms with E-state index in [1.807, 2.05) is 24.3 Å². The number of amides is 2. The summed E-state index contributed by atoms with van der Waals surface area (Å²) in [5.74, 6) is -0.951.